The topological polar surface area (TPSA) is 66.9 Å². The number of hydrogen-bond acceptors (Lipinski definition) is 6. The number of anilines is 1. The van der Waals surface area contributed by atoms with Crippen LogP contribution in [0.15, 0.2) is 29.2 Å². The number of thioether (sulfide) groups is 1. The lowest BCUT2D eigenvalue weighted by Gasteiger charge is -2.18. The third kappa shape index (κ3) is 3.56. The minimum absolute atomic E-state index is 0.315. The van der Waals surface area contributed by atoms with Gasteiger partial charge in [0, 0.05) is 18.8 Å². The number of nitrogens with zero attached hydrogens (tertiary/aromatic N) is 2. The number of amides is 2. The fraction of sp³-hybridized carbons (Fsp3) is 0.389. The average Bonchev–Trinajstić information content (AvgIpc) is 3.23. The van der Waals surface area contributed by atoms with Crippen molar-refractivity contribution >= 4 is 40.6 Å². The molecule has 2 amide bonds. The van der Waals surface area contributed by atoms with Crippen LogP contribution >= 0.6 is 11.8 Å². The van der Waals surface area contributed by atoms with Crippen molar-refractivity contribution in [2.45, 2.75) is 25.8 Å². The van der Waals surface area contributed by atoms with Gasteiger partial charge in [0.05, 0.1) is 12.0 Å². The van der Waals surface area contributed by atoms with Crippen LogP contribution in [0.1, 0.15) is 25.3 Å². The second-order valence-corrected chi connectivity index (χ2v) is 7.03. The van der Waals surface area contributed by atoms with Crippen LogP contribution in [0.25, 0.3) is 6.08 Å². The molecule has 132 valence electrons. The fourth-order valence-electron chi connectivity index (χ4n) is 3.00. The van der Waals surface area contributed by atoms with E-state index in [1.807, 2.05) is 24.3 Å². The Labute approximate surface area is 150 Å². The molecule has 2 fully saturated rings. The largest absolute Gasteiger partial charge is 0.467 e. The molecule has 1 aromatic rings. The molecule has 1 aromatic carbocycles. The van der Waals surface area contributed by atoms with Gasteiger partial charge in [-0.1, -0.05) is 12.1 Å². The van der Waals surface area contributed by atoms with Gasteiger partial charge in [-0.25, -0.2) is 4.79 Å². The summed E-state index contributed by atoms with van der Waals surface area (Å²) >= 11 is 0.843. The smallest absolute Gasteiger partial charge is 0.328 e. The van der Waals surface area contributed by atoms with Gasteiger partial charge in [0.1, 0.15) is 6.04 Å². The molecule has 0 N–H and O–H groups in total. The van der Waals surface area contributed by atoms with Gasteiger partial charge < -0.3 is 9.64 Å². The SMILES string of the molecule is COC(=O)C(C)N1C(=O)SC(=Cc2ccc(N3CCCC3)cc2)C1=O. The van der Waals surface area contributed by atoms with E-state index < -0.39 is 23.2 Å². The van der Waals surface area contributed by atoms with E-state index >= 15 is 0 Å². The Bertz CT molecular complexity index is 723. The van der Waals surface area contributed by atoms with Crippen molar-refractivity contribution in [3.8, 4) is 0 Å². The van der Waals surface area contributed by atoms with Crippen LogP contribution in [-0.4, -0.2) is 48.3 Å². The Morgan fingerprint density at radius 3 is 2.44 bits per heavy atom. The van der Waals surface area contributed by atoms with E-state index in [4.69, 9.17) is 0 Å². The predicted molar refractivity (Wildman–Crippen MR) is 97.2 cm³/mol. The highest BCUT2D eigenvalue weighted by Gasteiger charge is 2.41. The van der Waals surface area contributed by atoms with Gasteiger partial charge in [-0.2, -0.15) is 0 Å². The third-order valence-electron chi connectivity index (χ3n) is 4.42. The maximum Gasteiger partial charge on any atom is 0.328 e. The van der Waals surface area contributed by atoms with Gasteiger partial charge in [-0.05, 0) is 55.3 Å². The standard InChI is InChI=1S/C18H20N2O4S/c1-12(17(22)24-2)20-16(21)15(25-18(20)23)11-13-5-7-14(8-6-13)19-9-3-4-10-19/h5-8,11-12H,3-4,9-10H2,1-2H3. The van der Waals surface area contributed by atoms with E-state index in [1.54, 1.807) is 6.08 Å². The van der Waals surface area contributed by atoms with E-state index in [-0.39, 0.29) is 0 Å². The highest BCUT2D eigenvalue weighted by atomic mass is 32.2. The molecule has 0 bridgehead atoms. The Morgan fingerprint density at radius 2 is 1.84 bits per heavy atom. The fourth-order valence-corrected chi connectivity index (χ4v) is 3.91. The molecule has 0 saturated carbocycles. The van der Waals surface area contributed by atoms with Crippen molar-refractivity contribution in [1.29, 1.82) is 0 Å². The molecule has 0 radical (unpaired) electrons. The Balaban J connectivity index is 1.76. The number of esters is 1. The zero-order valence-electron chi connectivity index (χ0n) is 14.2. The van der Waals surface area contributed by atoms with E-state index in [1.165, 1.54) is 32.6 Å². The first-order valence-electron chi connectivity index (χ1n) is 8.21. The highest BCUT2D eigenvalue weighted by molar-refractivity contribution is 8.18. The number of benzene rings is 1. The molecule has 3 rings (SSSR count). The van der Waals surface area contributed by atoms with Crippen molar-refractivity contribution in [1.82, 2.24) is 4.90 Å². The first-order chi connectivity index (χ1) is 12.0. The summed E-state index contributed by atoms with van der Waals surface area (Å²) in [6.45, 7) is 3.63. The normalized spacial score (nSPS) is 20.5. The van der Waals surface area contributed by atoms with E-state index in [0.717, 1.165) is 35.3 Å². The van der Waals surface area contributed by atoms with Crippen molar-refractivity contribution < 1.29 is 19.1 Å². The number of methoxy groups -OCH3 is 1. The minimum atomic E-state index is -0.930. The van der Waals surface area contributed by atoms with E-state index in [2.05, 4.69) is 9.64 Å². The molecule has 2 saturated heterocycles. The maximum absolute atomic E-state index is 12.5. The minimum Gasteiger partial charge on any atom is -0.467 e. The number of carbonyl (C=O) groups excluding carboxylic acids is 3. The third-order valence-corrected chi connectivity index (χ3v) is 5.30. The van der Waals surface area contributed by atoms with Crippen molar-refractivity contribution in [2.75, 3.05) is 25.1 Å². The first-order valence-corrected chi connectivity index (χ1v) is 9.03. The molecule has 25 heavy (non-hydrogen) atoms. The second-order valence-electron chi connectivity index (χ2n) is 6.04. The summed E-state index contributed by atoms with van der Waals surface area (Å²) in [5.74, 6) is -1.07. The van der Waals surface area contributed by atoms with Gasteiger partial charge in [0.15, 0.2) is 0 Å². The summed E-state index contributed by atoms with van der Waals surface area (Å²) < 4.78 is 4.62. The van der Waals surface area contributed by atoms with Crippen molar-refractivity contribution in [3.63, 3.8) is 0 Å². The van der Waals surface area contributed by atoms with Gasteiger partial charge in [0.2, 0.25) is 0 Å². The van der Waals surface area contributed by atoms with Crippen molar-refractivity contribution in [2.24, 2.45) is 0 Å². The predicted octanol–water partition coefficient (Wildman–Crippen LogP) is 2.88. The van der Waals surface area contributed by atoms with Gasteiger partial charge in [0.25, 0.3) is 11.1 Å². The summed E-state index contributed by atoms with van der Waals surface area (Å²) in [5.41, 5.74) is 2.02. The molecule has 0 aromatic heterocycles. The van der Waals surface area contributed by atoms with Gasteiger partial charge >= 0.3 is 5.97 Å². The number of rotatable bonds is 4. The number of carbonyl (C=O) groups is 3. The number of ether oxygens (including phenoxy) is 1. The van der Waals surface area contributed by atoms with Crippen LogP contribution in [0.5, 0.6) is 0 Å². The van der Waals surface area contributed by atoms with Gasteiger partial charge in [-0.15, -0.1) is 0 Å². The van der Waals surface area contributed by atoms with Crippen LogP contribution in [-0.2, 0) is 14.3 Å². The van der Waals surface area contributed by atoms with Crippen LogP contribution in [0.3, 0.4) is 0 Å². The molecule has 1 atom stereocenters. The molecular formula is C18H20N2O4S. The van der Waals surface area contributed by atoms with Crippen LogP contribution in [0, 0.1) is 0 Å². The first kappa shape index (κ1) is 17.5. The number of imide groups is 1. The molecule has 6 nitrogen and oxygen atoms in total. The maximum atomic E-state index is 12.5. The zero-order chi connectivity index (χ0) is 18.0. The van der Waals surface area contributed by atoms with Crippen molar-refractivity contribution in [3.05, 3.63) is 34.7 Å². The lowest BCUT2D eigenvalue weighted by atomic mass is 10.1. The van der Waals surface area contributed by atoms with E-state index in [0.29, 0.717) is 4.91 Å². The summed E-state index contributed by atoms with van der Waals surface area (Å²) in [4.78, 5) is 39.8. The molecule has 2 aliphatic rings. The molecule has 0 aliphatic carbocycles. The highest BCUT2D eigenvalue weighted by Crippen LogP contribution is 2.34. The lowest BCUT2D eigenvalue weighted by Crippen LogP contribution is -2.42. The zero-order valence-corrected chi connectivity index (χ0v) is 15.0. The molecule has 2 heterocycles. The average molecular weight is 360 g/mol. The van der Waals surface area contributed by atoms with E-state index in [9.17, 15) is 14.4 Å². The summed E-state index contributed by atoms with van der Waals surface area (Å²) in [5, 5.41) is -0.456. The molecule has 7 heteroatoms. The van der Waals surface area contributed by atoms with Crippen LogP contribution in [0.4, 0.5) is 10.5 Å². The summed E-state index contributed by atoms with van der Waals surface area (Å²) in [6.07, 6.45) is 4.11. The molecular weight excluding hydrogens is 340 g/mol. The summed E-state index contributed by atoms with van der Waals surface area (Å²) in [7, 11) is 1.23. The summed E-state index contributed by atoms with van der Waals surface area (Å²) in [6, 6.07) is 6.99. The Hall–Kier alpha value is -2.28. The molecule has 1 unspecified atom stereocenters. The second kappa shape index (κ2) is 7.31. The monoisotopic (exact) mass is 360 g/mol. The Morgan fingerprint density at radius 1 is 1.20 bits per heavy atom. The van der Waals surface area contributed by atoms with Crippen LogP contribution < -0.4 is 4.90 Å². The molecule has 2 aliphatic heterocycles. The quantitative estimate of drug-likeness (QED) is 0.608. The molecule has 0 spiro atoms. The lowest BCUT2D eigenvalue weighted by molar-refractivity contribution is -0.148. The van der Waals surface area contributed by atoms with Crippen LogP contribution in [0.2, 0.25) is 0 Å². The number of hydrogen-bond donors (Lipinski definition) is 0. The van der Waals surface area contributed by atoms with Gasteiger partial charge in [-0.3, -0.25) is 14.5 Å². The Kier molecular flexibility index (Phi) is 5.13.